The van der Waals surface area contributed by atoms with Gasteiger partial charge >= 0.3 is 0 Å². The predicted octanol–water partition coefficient (Wildman–Crippen LogP) is 11.9. The first kappa shape index (κ1) is 26.2. The van der Waals surface area contributed by atoms with E-state index >= 15 is 0 Å². The van der Waals surface area contributed by atoms with Gasteiger partial charge in [-0.05, 0) is 97.7 Å². The van der Waals surface area contributed by atoms with Crippen molar-refractivity contribution in [3.05, 3.63) is 175 Å². The fraction of sp³-hybridized carbons (Fsp3) is 0.0698. The van der Waals surface area contributed by atoms with E-state index in [2.05, 4.69) is 183 Å². The van der Waals surface area contributed by atoms with E-state index in [-0.39, 0.29) is 5.41 Å². The Labute approximate surface area is 259 Å². The Morgan fingerprint density at radius 2 is 0.955 bits per heavy atom. The summed E-state index contributed by atoms with van der Waals surface area (Å²) in [6.45, 7) is 4.76. The molecule has 1 nitrogen and oxygen atoms in total. The lowest BCUT2D eigenvalue weighted by Gasteiger charge is -2.27. The van der Waals surface area contributed by atoms with Crippen molar-refractivity contribution in [1.82, 2.24) is 0 Å². The molecule has 0 saturated heterocycles. The molecule has 1 aliphatic rings. The SMILES string of the molecule is CC1(C)c2ccc(N(c3ccccc3)c3cccc(-c4ccccc4)c3)cc2-c2cc(-c3ccccc3)c3ccccc3c21. The highest BCUT2D eigenvalue weighted by molar-refractivity contribution is 6.06. The van der Waals surface area contributed by atoms with E-state index < -0.39 is 0 Å². The Kier molecular flexibility index (Phi) is 6.20. The zero-order valence-corrected chi connectivity index (χ0v) is 25.0. The van der Waals surface area contributed by atoms with Gasteiger partial charge in [0.15, 0.2) is 0 Å². The zero-order chi connectivity index (χ0) is 29.7. The van der Waals surface area contributed by atoms with Gasteiger partial charge in [-0.2, -0.15) is 0 Å². The summed E-state index contributed by atoms with van der Waals surface area (Å²) in [4.78, 5) is 2.39. The minimum Gasteiger partial charge on any atom is -0.310 e. The molecule has 0 N–H and O–H groups in total. The van der Waals surface area contributed by atoms with Crippen LogP contribution in [0.15, 0.2) is 164 Å². The van der Waals surface area contributed by atoms with E-state index in [0.717, 1.165) is 17.1 Å². The zero-order valence-electron chi connectivity index (χ0n) is 25.0. The van der Waals surface area contributed by atoms with Crippen molar-refractivity contribution in [3.63, 3.8) is 0 Å². The van der Waals surface area contributed by atoms with Gasteiger partial charge in [0, 0.05) is 22.5 Å². The number of nitrogens with zero attached hydrogens (tertiary/aromatic N) is 1. The topological polar surface area (TPSA) is 3.24 Å². The average molecular weight is 564 g/mol. The van der Waals surface area contributed by atoms with Gasteiger partial charge in [0.25, 0.3) is 0 Å². The first-order chi connectivity index (χ1) is 21.6. The maximum absolute atomic E-state index is 2.44. The Morgan fingerprint density at radius 3 is 1.68 bits per heavy atom. The van der Waals surface area contributed by atoms with E-state index in [0.29, 0.717) is 0 Å². The average Bonchev–Trinajstić information content (AvgIpc) is 3.31. The maximum Gasteiger partial charge on any atom is 0.0468 e. The van der Waals surface area contributed by atoms with Gasteiger partial charge in [0.2, 0.25) is 0 Å². The van der Waals surface area contributed by atoms with Crippen LogP contribution >= 0.6 is 0 Å². The normalized spacial score (nSPS) is 13.0. The van der Waals surface area contributed by atoms with E-state index in [1.54, 1.807) is 0 Å². The molecule has 7 aromatic carbocycles. The van der Waals surface area contributed by atoms with Crippen LogP contribution in [0.5, 0.6) is 0 Å². The van der Waals surface area contributed by atoms with Gasteiger partial charge in [-0.3, -0.25) is 0 Å². The molecule has 44 heavy (non-hydrogen) atoms. The second kappa shape index (κ2) is 10.4. The van der Waals surface area contributed by atoms with Crippen LogP contribution in [0.2, 0.25) is 0 Å². The number of anilines is 3. The van der Waals surface area contributed by atoms with E-state index in [9.17, 15) is 0 Å². The number of fused-ring (bicyclic) bond motifs is 5. The van der Waals surface area contributed by atoms with Gasteiger partial charge in [-0.25, -0.2) is 0 Å². The molecule has 7 aromatic rings. The first-order valence-electron chi connectivity index (χ1n) is 15.4. The third-order valence-corrected chi connectivity index (χ3v) is 9.21. The van der Waals surface area contributed by atoms with Crippen LogP contribution in [0.4, 0.5) is 17.1 Å². The van der Waals surface area contributed by atoms with Gasteiger partial charge in [0.05, 0.1) is 0 Å². The predicted molar refractivity (Wildman–Crippen MR) is 187 cm³/mol. The molecule has 0 unspecified atom stereocenters. The summed E-state index contributed by atoms with van der Waals surface area (Å²) in [5.41, 5.74) is 13.7. The summed E-state index contributed by atoms with van der Waals surface area (Å²) >= 11 is 0. The minimum absolute atomic E-state index is 0.122. The molecule has 1 heteroatoms. The fourth-order valence-electron chi connectivity index (χ4n) is 7.17. The van der Waals surface area contributed by atoms with Crippen LogP contribution in [-0.4, -0.2) is 0 Å². The minimum atomic E-state index is -0.122. The molecule has 0 heterocycles. The van der Waals surface area contributed by atoms with E-state index in [1.807, 2.05) is 0 Å². The Hall–Kier alpha value is -5.40. The molecular weight excluding hydrogens is 530 g/mol. The van der Waals surface area contributed by atoms with Gasteiger partial charge < -0.3 is 4.90 Å². The smallest absolute Gasteiger partial charge is 0.0468 e. The molecule has 0 bridgehead atoms. The molecule has 0 aliphatic heterocycles. The monoisotopic (exact) mass is 563 g/mol. The number of hydrogen-bond acceptors (Lipinski definition) is 1. The van der Waals surface area contributed by atoms with Crippen molar-refractivity contribution in [2.75, 3.05) is 4.90 Å². The summed E-state index contributed by atoms with van der Waals surface area (Å²) in [6.07, 6.45) is 0. The number of rotatable bonds is 5. The fourth-order valence-corrected chi connectivity index (χ4v) is 7.17. The van der Waals surface area contributed by atoms with Crippen molar-refractivity contribution >= 4 is 27.8 Å². The molecule has 210 valence electrons. The lowest BCUT2D eigenvalue weighted by Crippen LogP contribution is -2.16. The third-order valence-electron chi connectivity index (χ3n) is 9.21. The van der Waals surface area contributed by atoms with Gasteiger partial charge in [-0.1, -0.05) is 135 Å². The quantitative estimate of drug-likeness (QED) is 0.201. The Morgan fingerprint density at radius 1 is 0.386 bits per heavy atom. The van der Waals surface area contributed by atoms with E-state index in [1.165, 1.54) is 55.3 Å². The summed E-state index contributed by atoms with van der Waals surface area (Å²) in [5, 5.41) is 2.64. The highest BCUT2D eigenvalue weighted by Gasteiger charge is 2.38. The molecule has 0 saturated carbocycles. The van der Waals surface area contributed by atoms with Crippen LogP contribution in [-0.2, 0) is 5.41 Å². The second-order valence-corrected chi connectivity index (χ2v) is 12.2. The molecule has 8 rings (SSSR count). The number of para-hydroxylation sites is 1. The molecule has 0 aromatic heterocycles. The van der Waals surface area contributed by atoms with Crippen LogP contribution in [0.3, 0.4) is 0 Å². The van der Waals surface area contributed by atoms with Crippen molar-refractivity contribution < 1.29 is 0 Å². The van der Waals surface area contributed by atoms with Crippen LogP contribution in [0.25, 0.3) is 44.2 Å². The standard InChI is InChI=1S/C43H33N/c1-43(2)41-26-25-35(44(33-20-10-5-11-21-33)34-22-14-19-32(27-34)30-15-6-3-7-16-30)28-39(41)40-29-38(31-17-8-4-9-18-31)36-23-12-13-24-37(36)42(40)43/h3-29H,1-2H3. The first-order valence-corrected chi connectivity index (χ1v) is 15.4. The van der Waals surface area contributed by atoms with Gasteiger partial charge in [0.1, 0.15) is 0 Å². The Bertz CT molecular complexity index is 2130. The van der Waals surface area contributed by atoms with Crippen molar-refractivity contribution in [1.29, 1.82) is 0 Å². The van der Waals surface area contributed by atoms with Crippen molar-refractivity contribution in [2.24, 2.45) is 0 Å². The second-order valence-electron chi connectivity index (χ2n) is 12.2. The Balaban J connectivity index is 1.35. The molecule has 0 spiro atoms. The molecule has 0 amide bonds. The molecule has 0 fully saturated rings. The highest BCUT2D eigenvalue weighted by Crippen LogP contribution is 2.54. The lowest BCUT2D eigenvalue weighted by atomic mass is 9.79. The van der Waals surface area contributed by atoms with Crippen molar-refractivity contribution in [2.45, 2.75) is 19.3 Å². The summed E-state index contributed by atoms with van der Waals surface area (Å²) in [5.74, 6) is 0. The largest absolute Gasteiger partial charge is 0.310 e. The summed E-state index contributed by atoms with van der Waals surface area (Å²) < 4.78 is 0. The molecular formula is C43H33N. The molecule has 0 radical (unpaired) electrons. The van der Waals surface area contributed by atoms with Crippen LogP contribution in [0, 0.1) is 0 Å². The maximum atomic E-state index is 2.44. The number of hydrogen-bond donors (Lipinski definition) is 0. The van der Waals surface area contributed by atoms with Crippen molar-refractivity contribution in [3.8, 4) is 33.4 Å². The highest BCUT2D eigenvalue weighted by atomic mass is 15.1. The van der Waals surface area contributed by atoms with Crippen LogP contribution in [0.1, 0.15) is 25.0 Å². The third kappa shape index (κ3) is 4.24. The number of benzene rings is 7. The lowest BCUT2D eigenvalue weighted by molar-refractivity contribution is 0.666. The summed E-state index contributed by atoms with van der Waals surface area (Å²) in [7, 11) is 0. The van der Waals surface area contributed by atoms with Gasteiger partial charge in [-0.15, -0.1) is 0 Å². The molecule has 1 aliphatic carbocycles. The summed E-state index contributed by atoms with van der Waals surface area (Å²) in [6, 6.07) is 59.4. The van der Waals surface area contributed by atoms with Crippen LogP contribution < -0.4 is 4.90 Å². The molecule has 0 atom stereocenters. The van der Waals surface area contributed by atoms with E-state index in [4.69, 9.17) is 0 Å².